The monoisotopic (exact) mass is 221 g/mol. The van der Waals surface area contributed by atoms with Gasteiger partial charge in [0.25, 0.3) is 0 Å². The molecule has 1 amide bonds. The van der Waals surface area contributed by atoms with Crippen molar-refractivity contribution in [3.05, 3.63) is 0 Å². The molecule has 7 heteroatoms. The van der Waals surface area contributed by atoms with Crippen molar-refractivity contribution in [2.45, 2.75) is 31.0 Å². The molecule has 0 spiro atoms. The van der Waals surface area contributed by atoms with Gasteiger partial charge in [-0.25, -0.2) is 0 Å². The fourth-order valence-electron chi connectivity index (χ4n) is 1.61. The minimum Gasteiger partial charge on any atom is -0.394 e. The number of carbonyl (C=O) groups is 1. The molecule has 0 saturated carbocycles. The first-order valence-corrected chi connectivity index (χ1v) is 4.56. The third kappa shape index (κ3) is 2.64. The fourth-order valence-corrected chi connectivity index (χ4v) is 1.61. The molecule has 1 saturated heterocycles. The van der Waals surface area contributed by atoms with Crippen LogP contribution in [0.1, 0.15) is 6.42 Å². The number of hydrogen-bond acceptors (Lipinski definition) is 6. The summed E-state index contributed by atoms with van der Waals surface area (Å²) >= 11 is 0. The summed E-state index contributed by atoms with van der Waals surface area (Å²) in [6.07, 6.45) is -5.47. The molecule has 1 aliphatic heterocycles. The van der Waals surface area contributed by atoms with Crippen LogP contribution < -0.4 is 5.73 Å². The normalized spacial score (nSPS) is 41.5. The van der Waals surface area contributed by atoms with Gasteiger partial charge >= 0.3 is 0 Å². The van der Waals surface area contributed by atoms with Gasteiger partial charge < -0.3 is 30.9 Å². The number of primary amides is 1. The van der Waals surface area contributed by atoms with Crippen molar-refractivity contribution in [3.8, 4) is 0 Å². The number of amides is 1. The Hall–Kier alpha value is -0.730. The van der Waals surface area contributed by atoms with Gasteiger partial charge in [-0.15, -0.1) is 0 Å². The lowest BCUT2D eigenvalue weighted by Gasteiger charge is -2.39. The van der Waals surface area contributed by atoms with E-state index < -0.39 is 43.0 Å². The lowest BCUT2D eigenvalue weighted by atomic mass is 9.88. The molecule has 0 bridgehead atoms. The average molecular weight is 221 g/mol. The highest BCUT2D eigenvalue weighted by molar-refractivity contribution is 5.74. The van der Waals surface area contributed by atoms with Crippen molar-refractivity contribution < 1.29 is 30.0 Å². The predicted octanol–water partition coefficient (Wildman–Crippen LogP) is -3.09. The lowest BCUT2D eigenvalue weighted by Crippen LogP contribution is -2.56. The van der Waals surface area contributed by atoms with Gasteiger partial charge in [0.05, 0.1) is 12.7 Å². The summed E-state index contributed by atoms with van der Waals surface area (Å²) < 4.78 is 4.82. The molecule has 0 radical (unpaired) electrons. The predicted molar refractivity (Wildman–Crippen MR) is 47.3 cm³/mol. The van der Waals surface area contributed by atoms with E-state index in [2.05, 4.69) is 0 Å². The van der Waals surface area contributed by atoms with Crippen molar-refractivity contribution in [2.75, 3.05) is 6.61 Å². The lowest BCUT2D eigenvalue weighted by molar-refractivity contribution is -0.269. The van der Waals surface area contributed by atoms with E-state index in [0.717, 1.165) is 0 Å². The number of aliphatic hydroxyl groups excluding tert-OH is 4. The van der Waals surface area contributed by atoms with Gasteiger partial charge in [0.15, 0.2) is 6.29 Å². The zero-order chi connectivity index (χ0) is 11.6. The SMILES string of the molecule is NC(=O)C[C@H]1[C@@H](O)[C@@H](O)[C@@H](CO)O[C@@H]1O. The quantitative estimate of drug-likeness (QED) is 0.343. The zero-order valence-electron chi connectivity index (χ0n) is 7.98. The largest absolute Gasteiger partial charge is 0.394 e. The van der Waals surface area contributed by atoms with Crippen LogP contribution >= 0.6 is 0 Å². The van der Waals surface area contributed by atoms with Crippen molar-refractivity contribution in [1.82, 2.24) is 0 Å². The standard InChI is InChI=1S/C8H15NO6/c9-5(11)1-3-6(12)7(13)4(2-10)15-8(3)14/h3-4,6-8,10,12-14H,1-2H2,(H2,9,11)/t3-,4+,6+,7-,8-/m0/s1. The minimum atomic E-state index is -1.42. The van der Waals surface area contributed by atoms with Crippen LogP contribution in [-0.2, 0) is 9.53 Å². The van der Waals surface area contributed by atoms with E-state index in [-0.39, 0.29) is 6.42 Å². The van der Waals surface area contributed by atoms with Gasteiger partial charge in [-0.3, -0.25) is 4.79 Å². The van der Waals surface area contributed by atoms with Crippen molar-refractivity contribution >= 4 is 5.91 Å². The molecule has 6 N–H and O–H groups in total. The highest BCUT2D eigenvalue weighted by Gasteiger charge is 2.43. The Bertz CT molecular complexity index is 235. The van der Waals surface area contributed by atoms with E-state index in [4.69, 9.17) is 15.6 Å². The van der Waals surface area contributed by atoms with Gasteiger partial charge in [-0.05, 0) is 0 Å². The maximum Gasteiger partial charge on any atom is 0.217 e. The van der Waals surface area contributed by atoms with E-state index in [0.29, 0.717) is 0 Å². The summed E-state index contributed by atoms with van der Waals surface area (Å²) in [5.74, 6) is -1.68. The molecule has 0 aromatic rings. The second-order valence-electron chi connectivity index (χ2n) is 3.56. The van der Waals surface area contributed by atoms with Crippen molar-refractivity contribution in [1.29, 1.82) is 0 Å². The molecule has 1 heterocycles. The van der Waals surface area contributed by atoms with Crippen molar-refractivity contribution in [2.24, 2.45) is 11.7 Å². The summed E-state index contributed by atoms with van der Waals surface area (Å²) in [4.78, 5) is 10.6. The van der Waals surface area contributed by atoms with Crippen LogP contribution in [0.4, 0.5) is 0 Å². The molecular weight excluding hydrogens is 206 g/mol. The van der Waals surface area contributed by atoms with Crippen LogP contribution in [0.3, 0.4) is 0 Å². The Balaban J connectivity index is 2.70. The molecule has 0 aromatic carbocycles. The number of ether oxygens (including phenoxy) is 1. The Morgan fingerprint density at radius 1 is 1.27 bits per heavy atom. The van der Waals surface area contributed by atoms with Crippen LogP contribution in [0.2, 0.25) is 0 Å². The molecule has 88 valence electrons. The Kier molecular flexibility index (Phi) is 4.00. The van der Waals surface area contributed by atoms with Crippen LogP contribution in [0.25, 0.3) is 0 Å². The Labute approximate surface area is 86.1 Å². The molecule has 1 aliphatic rings. The maximum absolute atomic E-state index is 10.6. The van der Waals surface area contributed by atoms with Crippen LogP contribution in [0, 0.1) is 5.92 Å². The van der Waals surface area contributed by atoms with Crippen LogP contribution in [0.5, 0.6) is 0 Å². The molecule has 7 nitrogen and oxygen atoms in total. The van der Waals surface area contributed by atoms with Gasteiger partial charge in [0.2, 0.25) is 5.91 Å². The highest BCUT2D eigenvalue weighted by atomic mass is 16.6. The molecular formula is C8H15NO6. The fraction of sp³-hybridized carbons (Fsp3) is 0.875. The summed E-state index contributed by atoms with van der Waals surface area (Å²) in [6.45, 7) is -0.529. The second-order valence-corrected chi connectivity index (χ2v) is 3.56. The minimum absolute atomic E-state index is 0.294. The number of nitrogens with two attached hydrogens (primary N) is 1. The first-order chi connectivity index (χ1) is 6.97. The second kappa shape index (κ2) is 4.86. The third-order valence-electron chi connectivity index (χ3n) is 2.47. The Morgan fingerprint density at radius 3 is 2.33 bits per heavy atom. The highest BCUT2D eigenvalue weighted by Crippen LogP contribution is 2.26. The van der Waals surface area contributed by atoms with Gasteiger partial charge in [0.1, 0.15) is 12.2 Å². The van der Waals surface area contributed by atoms with E-state index in [1.165, 1.54) is 0 Å². The van der Waals surface area contributed by atoms with Gasteiger partial charge in [0, 0.05) is 12.3 Å². The molecule has 0 unspecified atom stereocenters. The van der Waals surface area contributed by atoms with E-state index in [1.54, 1.807) is 0 Å². The van der Waals surface area contributed by atoms with Crippen LogP contribution in [-0.4, -0.2) is 57.5 Å². The molecule has 1 rings (SSSR count). The Morgan fingerprint density at radius 2 is 1.87 bits per heavy atom. The third-order valence-corrected chi connectivity index (χ3v) is 2.47. The first-order valence-electron chi connectivity index (χ1n) is 4.56. The maximum atomic E-state index is 10.6. The topological polar surface area (TPSA) is 133 Å². The zero-order valence-corrected chi connectivity index (χ0v) is 7.98. The average Bonchev–Trinajstić information content (AvgIpc) is 2.18. The number of rotatable bonds is 3. The van der Waals surface area contributed by atoms with E-state index >= 15 is 0 Å². The van der Waals surface area contributed by atoms with Crippen LogP contribution in [0.15, 0.2) is 0 Å². The summed E-state index contributed by atoms with van der Waals surface area (Å²) in [5, 5.41) is 37.2. The summed E-state index contributed by atoms with van der Waals surface area (Å²) in [7, 11) is 0. The number of aliphatic hydroxyl groups is 4. The summed E-state index contributed by atoms with van der Waals surface area (Å²) in [6, 6.07) is 0. The summed E-state index contributed by atoms with van der Waals surface area (Å²) in [5.41, 5.74) is 4.91. The van der Waals surface area contributed by atoms with Gasteiger partial charge in [-0.2, -0.15) is 0 Å². The number of carbonyl (C=O) groups excluding carboxylic acids is 1. The molecule has 5 atom stereocenters. The van der Waals surface area contributed by atoms with E-state index in [9.17, 15) is 20.1 Å². The molecule has 1 fully saturated rings. The smallest absolute Gasteiger partial charge is 0.217 e. The van der Waals surface area contributed by atoms with Crippen molar-refractivity contribution in [3.63, 3.8) is 0 Å². The van der Waals surface area contributed by atoms with Gasteiger partial charge in [-0.1, -0.05) is 0 Å². The molecule has 15 heavy (non-hydrogen) atoms. The van der Waals surface area contributed by atoms with E-state index in [1.807, 2.05) is 0 Å². The molecule has 0 aliphatic carbocycles. The first kappa shape index (κ1) is 12.3. The number of hydrogen-bond donors (Lipinski definition) is 5. The molecule has 0 aromatic heterocycles.